The summed E-state index contributed by atoms with van der Waals surface area (Å²) < 4.78 is 67.6. The molecule has 6 nitrogen and oxygen atoms in total. The van der Waals surface area contributed by atoms with E-state index in [1.807, 2.05) is 0 Å². The minimum Gasteiger partial charge on any atom is -0.337 e. The lowest BCUT2D eigenvalue weighted by Crippen LogP contribution is -2.44. The molecule has 31 heavy (non-hydrogen) atoms. The van der Waals surface area contributed by atoms with Crippen molar-refractivity contribution in [3.05, 3.63) is 59.2 Å². The molecule has 1 fully saturated rings. The number of carbonyl (C=O) groups excluding carboxylic acids is 2. The largest absolute Gasteiger partial charge is 0.337 e. The highest BCUT2D eigenvalue weighted by Gasteiger charge is 2.30. The second kappa shape index (κ2) is 9.38. The van der Waals surface area contributed by atoms with Crippen LogP contribution in [-0.4, -0.2) is 58.8 Å². The van der Waals surface area contributed by atoms with Crippen molar-refractivity contribution < 1.29 is 31.5 Å². The van der Waals surface area contributed by atoms with Crippen LogP contribution in [0.3, 0.4) is 0 Å². The predicted molar refractivity (Wildman–Crippen MR) is 101 cm³/mol. The number of hydrogen-bond acceptors (Lipinski definition) is 4. The predicted octanol–water partition coefficient (Wildman–Crippen LogP) is 2.95. The van der Waals surface area contributed by atoms with Gasteiger partial charge in [-0.25, -0.2) is 22.0 Å². The van der Waals surface area contributed by atoms with Crippen LogP contribution in [0.4, 0.5) is 27.6 Å². The first-order chi connectivity index (χ1) is 14.7. The normalized spacial score (nSPS) is 16.0. The lowest BCUT2D eigenvalue weighted by molar-refractivity contribution is -0.120. The maximum atomic E-state index is 13.8. The zero-order valence-electron chi connectivity index (χ0n) is 16.5. The van der Waals surface area contributed by atoms with Crippen molar-refractivity contribution in [2.24, 2.45) is 0 Å². The summed E-state index contributed by atoms with van der Waals surface area (Å²) in [5, 5.41) is 1.80. The van der Waals surface area contributed by atoms with Crippen molar-refractivity contribution in [3.63, 3.8) is 0 Å². The smallest absolute Gasteiger partial charge is 0.254 e. The van der Waals surface area contributed by atoms with Gasteiger partial charge in [0.25, 0.3) is 5.91 Å². The molecular formula is C20H19F5N4O2. The molecule has 1 unspecified atom stereocenters. The van der Waals surface area contributed by atoms with Crippen molar-refractivity contribution in [2.75, 3.05) is 31.5 Å². The van der Waals surface area contributed by atoms with Gasteiger partial charge in [0.2, 0.25) is 11.7 Å². The van der Waals surface area contributed by atoms with E-state index in [4.69, 9.17) is 0 Å². The Balaban J connectivity index is 1.68. The van der Waals surface area contributed by atoms with E-state index in [1.165, 1.54) is 19.3 Å². The molecule has 0 radical (unpaired) electrons. The molecule has 1 aliphatic rings. The van der Waals surface area contributed by atoms with Gasteiger partial charge in [0.15, 0.2) is 23.3 Å². The summed E-state index contributed by atoms with van der Waals surface area (Å²) in [5.41, 5.74) is -0.918. The molecule has 1 aromatic heterocycles. The van der Waals surface area contributed by atoms with E-state index >= 15 is 0 Å². The average molecular weight is 442 g/mol. The monoisotopic (exact) mass is 442 g/mol. The van der Waals surface area contributed by atoms with Crippen LogP contribution in [0.1, 0.15) is 23.7 Å². The van der Waals surface area contributed by atoms with E-state index in [-0.39, 0.29) is 12.5 Å². The van der Waals surface area contributed by atoms with Crippen LogP contribution >= 0.6 is 0 Å². The first-order valence-electron chi connectivity index (χ1n) is 9.48. The number of benzene rings is 1. The van der Waals surface area contributed by atoms with Gasteiger partial charge in [-0.1, -0.05) is 0 Å². The number of halogens is 5. The van der Waals surface area contributed by atoms with Crippen LogP contribution in [0.2, 0.25) is 0 Å². The second-order valence-corrected chi connectivity index (χ2v) is 7.03. The number of anilines is 1. The van der Waals surface area contributed by atoms with E-state index in [0.29, 0.717) is 31.6 Å². The van der Waals surface area contributed by atoms with E-state index in [0.717, 1.165) is 0 Å². The van der Waals surface area contributed by atoms with Crippen LogP contribution in [0.15, 0.2) is 24.5 Å². The molecule has 0 saturated carbocycles. The number of aromatic nitrogens is 1. The fourth-order valence-corrected chi connectivity index (χ4v) is 3.31. The van der Waals surface area contributed by atoms with Crippen molar-refractivity contribution >= 4 is 17.5 Å². The maximum Gasteiger partial charge on any atom is 0.254 e. The summed E-state index contributed by atoms with van der Waals surface area (Å²) in [6.45, 7) is 2.85. The van der Waals surface area contributed by atoms with Gasteiger partial charge in [-0.15, -0.1) is 0 Å². The highest BCUT2D eigenvalue weighted by Crippen LogP contribution is 2.27. The zero-order chi connectivity index (χ0) is 22.7. The van der Waals surface area contributed by atoms with Crippen molar-refractivity contribution in [1.29, 1.82) is 0 Å². The number of rotatable bonds is 4. The average Bonchev–Trinajstić information content (AvgIpc) is 3.05. The van der Waals surface area contributed by atoms with Gasteiger partial charge in [-0.3, -0.25) is 19.5 Å². The Morgan fingerprint density at radius 1 is 0.903 bits per heavy atom. The molecule has 1 saturated heterocycles. The molecule has 1 aliphatic heterocycles. The summed E-state index contributed by atoms with van der Waals surface area (Å²) >= 11 is 0. The fraction of sp³-hybridized carbons (Fsp3) is 0.350. The lowest BCUT2D eigenvalue weighted by Gasteiger charge is -2.27. The minimum atomic E-state index is -2.30. The van der Waals surface area contributed by atoms with Crippen molar-refractivity contribution in [2.45, 2.75) is 19.4 Å². The summed E-state index contributed by atoms with van der Waals surface area (Å²) in [5.74, 6) is -11.9. The van der Waals surface area contributed by atoms with Crippen LogP contribution in [0.5, 0.6) is 0 Å². The van der Waals surface area contributed by atoms with Crippen molar-refractivity contribution in [3.8, 4) is 0 Å². The first kappa shape index (κ1) is 22.6. The Labute approximate surface area is 174 Å². The van der Waals surface area contributed by atoms with E-state index in [1.54, 1.807) is 27.2 Å². The minimum absolute atomic E-state index is 0.192. The first-order valence-corrected chi connectivity index (χ1v) is 9.48. The molecule has 0 spiro atoms. The Morgan fingerprint density at radius 3 is 2.10 bits per heavy atom. The van der Waals surface area contributed by atoms with Crippen molar-refractivity contribution in [1.82, 2.24) is 14.8 Å². The Hall–Kier alpha value is -3.08. The highest BCUT2D eigenvalue weighted by atomic mass is 19.2. The van der Waals surface area contributed by atoms with Gasteiger partial charge >= 0.3 is 0 Å². The molecule has 2 heterocycles. The summed E-state index contributed by atoms with van der Waals surface area (Å²) in [7, 11) is 0. The van der Waals surface area contributed by atoms with E-state index in [2.05, 4.69) is 4.98 Å². The van der Waals surface area contributed by atoms with Crippen LogP contribution in [0, 0.1) is 29.1 Å². The third-order valence-electron chi connectivity index (χ3n) is 5.13. The van der Waals surface area contributed by atoms with Crippen LogP contribution < -0.4 is 5.32 Å². The SMILES string of the molecule is CC(C(=O)Nc1c(F)c(F)c(F)c(F)c1F)N1CCCN(C(=O)c2ccncc2)CC1. The third kappa shape index (κ3) is 4.66. The number of amides is 2. The second-order valence-electron chi connectivity index (χ2n) is 7.03. The Bertz CT molecular complexity index is 960. The van der Waals surface area contributed by atoms with E-state index in [9.17, 15) is 31.5 Å². The molecule has 0 bridgehead atoms. The van der Waals surface area contributed by atoms with Gasteiger partial charge in [0.05, 0.1) is 6.04 Å². The lowest BCUT2D eigenvalue weighted by atomic mass is 10.2. The van der Waals surface area contributed by atoms with Gasteiger partial charge in [-0.2, -0.15) is 0 Å². The van der Waals surface area contributed by atoms with Gasteiger partial charge in [-0.05, 0) is 25.5 Å². The summed E-state index contributed by atoms with van der Waals surface area (Å²) in [6, 6.07) is 2.24. The Morgan fingerprint density at radius 2 is 1.48 bits per heavy atom. The molecule has 2 aromatic rings. The number of pyridine rings is 1. The number of hydrogen-bond donors (Lipinski definition) is 1. The molecule has 166 valence electrons. The Kier molecular flexibility index (Phi) is 6.84. The van der Waals surface area contributed by atoms with E-state index < -0.39 is 46.7 Å². The molecule has 2 amide bonds. The third-order valence-corrected chi connectivity index (χ3v) is 5.13. The number of carbonyl (C=O) groups is 2. The molecule has 3 rings (SSSR count). The number of nitrogens with zero attached hydrogens (tertiary/aromatic N) is 3. The summed E-state index contributed by atoms with van der Waals surface area (Å²) in [6.07, 6.45) is 3.53. The van der Waals surface area contributed by atoms with Crippen LogP contribution in [-0.2, 0) is 4.79 Å². The molecule has 1 atom stereocenters. The van der Waals surface area contributed by atoms with Crippen LogP contribution in [0.25, 0.3) is 0 Å². The standard InChI is InChI=1S/C20H19F5N4O2/c1-11(19(30)27-18-16(24)14(22)13(21)15(23)17(18)25)28-7-2-8-29(10-9-28)20(31)12-3-5-26-6-4-12/h3-6,11H,2,7-10H2,1H3,(H,27,30). The van der Waals surface area contributed by atoms with Gasteiger partial charge in [0, 0.05) is 44.1 Å². The summed E-state index contributed by atoms with van der Waals surface area (Å²) in [4.78, 5) is 32.2. The molecule has 1 N–H and O–H groups in total. The fourth-order valence-electron chi connectivity index (χ4n) is 3.31. The molecule has 11 heteroatoms. The van der Waals surface area contributed by atoms with Gasteiger partial charge < -0.3 is 10.2 Å². The molecule has 0 aliphatic carbocycles. The number of nitrogens with one attached hydrogen (secondary N) is 1. The molecular weight excluding hydrogens is 423 g/mol. The zero-order valence-corrected chi connectivity index (χ0v) is 16.5. The quantitative estimate of drug-likeness (QED) is 0.449. The van der Waals surface area contributed by atoms with Gasteiger partial charge in [0.1, 0.15) is 5.69 Å². The molecule has 1 aromatic carbocycles. The topological polar surface area (TPSA) is 65.5 Å². The highest BCUT2D eigenvalue weighted by molar-refractivity contribution is 5.95. The maximum absolute atomic E-state index is 13.8.